The van der Waals surface area contributed by atoms with Crippen molar-refractivity contribution in [3.8, 4) is 5.75 Å². The first-order valence-corrected chi connectivity index (χ1v) is 4.56. The highest BCUT2D eigenvalue weighted by Crippen LogP contribution is 2.31. The number of benzene rings is 1. The van der Waals surface area contributed by atoms with Gasteiger partial charge in [-0.15, -0.1) is 0 Å². The molecule has 1 fully saturated rings. The lowest BCUT2D eigenvalue weighted by atomic mass is 10.3. The van der Waals surface area contributed by atoms with E-state index in [1.807, 2.05) is 0 Å². The molecule has 74 valence electrons. The number of aromatic hydroxyl groups is 1. The minimum Gasteiger partial charge on any atom is -0.508 e. The molecule has 0 heterocycles. The molecule has 2 amide bonds. The smallest absolute Gasteiger partial charge is 0.319 e. The Labute approximate surface area is 81.9 Å². The third-order valence-corrected chi connectivity index (χ3v) is 2.28. The van der Waals surface area contributed by atoms with Crippen molar-refractivity contribution in [3.63, 3.8) is 0 Å². The van der Waals surface area contributed by atoms with Crippen molar-refractivity contribution in [2.45, 2.75) is 18.9 Å². The Kier molecular flexibility index (Phi) is 2.04. The molecule has 1 aliphatic rings. The van der Waals surface area contributed by atoms with Crippen molar-refractivity contribution in [1.29, 1.82) is 0 Å². The molecule has 0 unspecified atom stereocenters. The Hall–Kier alpha value is -1.71. The van der Waals surface area contributed by atoms with Gasteiger partial charge in [-0.25, -0.2) is 4.79 Å². The number of amides is 2. The largest absolute Gasteiger partial charge is 0.508 e. The summed E-state index contributed by atoms with van der Waals surface area (Å²) in [6.45, 7) is 0. The lowest BCUT2D eigenvalue weighted by molar-refractivity contribution is 0.253. The van der Waals surface area contributed by atoms with Crippen molar-refractivity contribution >= 4 is 11.7 Å². The molecule has 1 aliphatic carbocycles. The van der Waals surface area contributed by atoms with E-state index >= 15 is 0 Å². The van der Waals surface area contributed by atoms with Gasteiger partial charge >= 0.3 is 6.03 Å². The Morgan fingerprint density at radius 3 is 2.36 bits per heavy atom. The topological polar surface area (TPSA) is 66.6 Å². The second-order valence-electron chi connectivity index (χ2n) is 3.46. The third-order valence-electron chi connectivity index (χ3n) is 2.28. The second-order valence-corrected chi connectivity index (χ2v) is 3.46. The number of carbonyl (C=O) groups excluding carboxylic acids is 1. The van der Waals surface area contributed by atoms with Crippen LogP contribution in [-0.4, -0.2) is 17.2 Å². The predicted octanol–water partition coefficient (Wildman–Crippen LogP) is 1.44. The van der Waals surface area contributed by atoms with Crippen LogP contribution in [0.2, 0.25) is 0 Å². The molecule has 1 aromatic carbocycles. The summed E-state index contributed by atoms with van der Waals surface area (Å²) < 4.78 is 0. The van der Waals surface area contributed by atoms with E-state index in [1.54, 1.807) is 29.2 Å². The summed E-state index contributed by atoms with van der Waals surface area (Å²) in [5.41, 5.74) is 6.02. The number of nitrogens with two attached hydrogens (primary N) is 1. The van der Waals surface area contributed by atoms with Gasteiger partial charge < -0.3 is 10.8 Å². The van der Waals surface area contributed by atoms with E-state index in [4.69, 9.17) is 10.8 Å². The Bertz CT molecular complexity index is 344. The normalized spacial score (nSPS) is 15.1. The molecule has 0 atom stereocenters. The average molecular weight is 192 g/mol. The van der Waals surface area contributed by atoms with Gasteiger partial charge in [-0.3, -0.25) is 4.90 Å². The van der Waals surface area contributed by atoms with Gasteiger partial charge in [0.15, 0.2) is 0 Å². The van der Waals surface area contributed by atoms with E-state index in [0.29, 0.717) is 0 Å². The first kappa shape index (κ1) is 8.87. The number of anilines is 1. The first-order valence-electron chi connectivity index (χ1n) is 4.56. The summed E-state index contributed by atoms with van der Waals surface area (Å²) in [5.74, 6) is 0.189. The highest BCUT2D eigenvalue weighted by molar-refractivity contribution is 5.91. The van der Waals surface area contributed by atoms with Crippen LogP contribution in [0.15, 0.2) is 24.3 Å². The van der Waals surface area contributed by atoms with Crippen molar-refractivity contribution in [2.75, 3.05) is 4.90 Å². The first-order chi connectivity index (χ1) is 6.68. The van der Waals surface area contributed by atoms with Gasteiger partial charge in [0.25, 0.3) is 0 Å². The summed E-state index contributed by atoms with van der Waals surface area (Å²) >= 11 is 0. The van der Waals surface area contributed by atoms with Crippen LogP contribution in [-0.2, 0) is 0 Å². The minimum absolute atomic E-state index is 0.189. The minimum atomic E-state index is -0.432. The summed E-state index contributed by atoms with van der Waals surface area (Å²) in [5, 5.41) is 9.10. The van der Waals surface area contributed by atoms with Gasteiger partial charge in [0.05, 0.1) is 0 Å². The fourth-order valence-electron chi connectivity index (χ4n) is 1.46. The van der Waals surface area contributed by atoms with Crippen molar-refractivity contribution in [3.05, 3.63) is 24.3 Å². The SMILES string of the molecule is NC(=O)N(c1ccc(O)cc1)C1CC1. The zero-order chi connectivity index (χ0) is 10.1. The number of urea groups is 1. The van der Waals surface area contributed by atoms with Crippen LogP contribution in [0.5, 0.6) is 5.75 Å². The van der Waals surface area contributed by atoms with Gasteiger partial charge in [-0.1, -0.05) is 0 Å². The zero-order valence-corrected chi connectivity index (χ0v) is 7.68. The van der Waals surface area contributed by atoms with E-state index in [9.17, 15) is 4.79 Å². The number of phenolic OH excluding ortho intramolecular Hbond substituents is 1. The lowest BCUT2D eigenvalue weighted by Gasteiger charge is -2.19. The number of hydrogen-bond acceptors (Lipinski definition) is 2. The molecule has 0 aromatic heterocycles. The molecule has 0 bridgehead atoms. The number of nitrogens with zero attached hydrogens (tertiary/aromatic N) is 1. The molecule has 0 aliphatic heterocycles. The van der Waals surface area contributed by atoms with Crippen LogP contribution < -0.4 is 10.6 Å². The maximum absolute atomic E-state index is 11.2. The zero-order valence-electron chi connectivity index (χ0n) is 7.68. The molecule has 14 heavy (non-hydrogen) atoms. The summed E-state index contributed by atoms with van der Waals surface area (Å²) in [6, 6.07) is 6.30. The third kappa shape index (κ3) is 1.64. The predicted molar refractivity (Wildman–Crippen MR) is 53.2 cm³/mol. The quantitative estimate of drug-likeness (QED) is 0.744. The van der Waals surface area contributed by atoms with Crippen LogP contribution in [0.1, 0.15) is 12.8 Å². The van der Waals surface area contributed by atoms with E-state index < -0.39 is 6.03 Å². The number of carbonyl (C=O) groups is 1. The molecular formula is C10H12N2O2. The highest BCUT2D eigenvalue weighted by Gasteiger charge is 2.32. The number of hydrogen-bond donors (Lipinski definition) is 2. The van der Waals surface area contributed by atoms with Crippen LogP contribution >= 0.6 is 0 Å². The maximum atomic E-state index is 11.2. The van der Waals surface area contributed by atoms with E-state index in [1.165, 1.54) is 0 Å². The monoisotopic (exact) mass is 192 g/mol. The summed E-state index contributed by atoms with van der Waals surface area (Å²) in [6.07, 6.45) is 2.01. The van der Waals surface area contributed by atoms with Gasteiger partial charge in [-0.05, 0) is 37.1 Å². The van der Waals surface area contributed by atoms with Crippen LogP contribution in [0.4, 0.5) is 10.5 Å². The molecule has 4 nitrogen and oxygen atoms in total. The molecule has 1 aromatic rings. The molecule has 1 saturated carbocycles. The maximum Gasteiger partial charge on any atom is 0.319 e. The standard InChI is InChI=1S/C10H12N2O2/c11-10(14)12(7-1-2-7)8-3-5-9(13)6-4-8/h3-7,13H,1-2H2,(H2,11,14). The van der Waals surface area contributed by atoms with E-state index in [-0.39, 0.29) is 11.8 Å². The average Bonchev–Trinajstić information content (AvgIpc) is 2.92. The Morgan fingerprint density at radius 1 is 1.36 bits per heavy atom. The van der Waals surface area contributed by atoms with Crippen LogP contribution in [0, 0.1) is 0 Å². The molecule has 0 saturated heterocycles. The van der Waals surface area contributed by atoms with Crippen LogP contribution in [0.3, 0.4) is 0 Å². The molecule has 0 radical (unpaired) electrons. The van der Waals surface area contributed by atoms with E-state index in [2.05, 4.69) is 0 Å². The van der Waals surface area contributed by atoms with Gasteiger partial charge in [-0.2, -0.15) is 0 Å². The summed E-state index contributed by atoms with van der Waals surface area (Å²) in [4.78, 5) is 12.7. The van der Waals surface area contributed by atoms with Gasteiger partial charge in [0.1, 0.15) is 5.75 Å². The van der Waals surface area contributed by atoms with Crippen molar-refractivity contribution in [2.24, 2.45) is 5.73 Å². The molecular weight excluding hydrogens is 180 g/mol. The molecule has 4 heteroatoms. The Balaban J connectivity index is 2.26. The fraction of sp³-hybridized carbons (Fsp3) is 0.300. The Morgan fingerprint density at radius 2 is 1.93 bits per heavy atom. The van der Waals surface area contributed by atoms with Crippen LogP contribution in [0.25, 0.3) is 0 Å². The van der Waals surface area contributed by atoms with Gasteiger partial charge in [0.2, 0.25) is 0 Å². The molecule has 3 N–H and O–H groups in total. The molecule has 0 spiro atoms. The summed E-state index contributed by atoms with van der Waals surface area (Å²) in [7, 11) is 0. The number of phenols is 1. The fourth-order valence-corrected chi connectivity index (χ4v) is 1.46. The van der Waals surface area contributed by atoms with Gasteiger partial charge in [0, 0.05) is 11.7 Å². The lowest BCUT2D eigenvalue weighted by Crippen LogP contribution is -2.37. The molecule has 2 rings (SSSR count). The number of rotatable bonds is 2. The second kappa shape index (κ2) is 3.21. The van der Waals surface area contributed by atoms with E-state index in [0.717, 1.165) is 18.5 Å². The van der Waals surface area contributed by atoms with Crippen molar-refractivity contribution < 1.29 is 9.90 Å². The number of primary amides is 1. The highest BCUT2D eigenvalue weighted by atomic mass is 16.3. The van der Waals surface area contributed by atoms with Crippen molar-refractivity contribution in [1.82, 2.24) is 0 Å².